The zero-order chi connectivity index (χ0) is 21.0. The lowest BCUT2D eigenvalue weighted by Gasteiger charge is -2.34. The average Bonchev–Trinajstić information content (AvgIpc) is 2.79. The summed E-state index contributed by atoms with van der Waals surface area (Å²) in [6, 6.07) is 2.41. The van der Waals surface area contributed by atoms with E-state index in [2.05, 4.69) is 49.1 Å². The van der Waals surface area contributed by atoms with Crippen molar-refractivity contribution in [2.45, 2.75) is 45.6 Å². The van der Waals surface area contributed by atoms with Gasteiger partial charge in [-0.3, -0.25) is 9.89 Å². The molecule has 0 bridgehead atoms. The maximum absolute atomic E-state index is 4.83. The Balaban J connectivity index is 0.00000341. The third kappa shape index (κ3) is 9.05. The highest BCUT2D eigenvalue weighted by Gasteiger charge is 2.20. The van der Waals surface area contributed by atoms with Crippen LogP contribution in [0, 0.1) is 0 Å². The monoisotopic (exact) mass is 544 g/mol. The summed E-state index contributed by atoms with van der Waals surface area (Å²) in [5, 5.41) is 7.08. The van der Waals surface area contributed by atoms with E-state index in [0.29, 0.717) is 6.04 Å². The Morgan fingerprint density at radius 1 is 1.00 bits per heavy atom. The largest absolute Gasteiger partial charge is 0.357 e. The minimum absolute atomic E-state index is 0. The van der Waals surface area contributed by atoms with Crippen LogP contribution >= 0.6 is 24.0 Å². The molecule has 1 aromatic heterocycles. The van der Waals surface area contributed by atoms with Gasteiger partial charge >= 0.3 is 0 Å². The van der Waals surface area contributed by atoms with Crippen LogP contribution < -0.4 is 15.5 Å². The highest BCUT2D eigenvalue weighted by atomic mass is 127. The Kier molecular flexibility index (Phi) is 12.4. The second-order valence-electron chi connectivity index (χ2n) is 8.25. The van der Waals surface area contributed by atoms with E-state index in [1.54, 1.807) is 0 Å². The molecule has 9 heteroatoms. The van der Waals surface area contributed by atoms with Crippen molar-refractivity contribution in [3.8, 4) is 0 Å². The van der Waals surface area contributed by atoms with Crippen molar-refractivity contribution in [1.82, 2.24) is 30.4 Å². The summed E-state index contributed by atoms with van der Waals surface area (Å²) in [4.78, 5) is 20.9. The van der Waals surface area contributed by atoms with Gasteiger partial charge in [-0.2, -0.15) is 0 Å². The number of likely N-dealkylation sites (tertiary alicyclic amines) is 1. The molecule has 0 saturated carbocycles. The van der Waals surface area contributed by atoms with Crippen molar-refractivity contribution in [2.75, 3.05) is 70.3 Å². The van der Waals surface area contributed by atoms with E-state index in [4.69, 9.17) is 4.99 Å². The van der Waals surface area contributed by atoms with Gasteiger partial charge in [0.05, 0.1) is 0 Å². The molecule has 2 fully saturated rings. The third-order valence-corrected chi connectivity index (χ3v) is 5.92. The normalized spacial score (nSPS) is 19.2. The summed E-state index contributed by atoms with van der Waals surface area (Å²) in [5.74, 6) is 1.83. The molecule has 0 radical (unpaired) electrons. The number of halogens is 1. The van der Waals surface area contributed by atoms with Crippen LogP contribution in [0.5, 0.6) is 0 Å². The highest BCUT2D eigenvalue weighted by Crippen LogP contribution is 2.11. The molecule has 2 N–H and O–H groups in total. The van der Waals surface area contributed by atoms with Gasteiger partial charge in [0.15, 0.2) is 5.96 Å². The number of aromatic nitrogens is 2. The Morgan fingerprint density at radius 3 is 2.32 bits per heavy atom. The van der Waals surface area contributed by atoms with Crippen molar-refractivity contribution in [1.29, 1.82) is 0 Å². The van der Waals surface area contributed by atoms with Gasteiger partial charge < -0.3 is 20.4 Å². The Morgan fingerprint density at radius 2 is 1.68 bits per heavy atom. The van der Waals surface area contributed by atoms with Crippen LogP contribution in [0.4, 0.5) is 5.95 Å². The first-order chi connectivity index (χ1) is 14.8. The van der Waals surface area contributed by atoms with Crippen LogP contribution in [0.2, 0.25) is 0 Å². The Bertz CT molecular complexity index is 613. The molecule has 0 spiro atoms. The highest BCUT2D eigenvalue weighted by molar-refractivity contribution is 14.0. The molecule has 8 nitrogen and oxygen atoms in total. The van der Waals surface area contributed by atoms with Crippen LogP contribution in [-0.4, -0.2) is 97.2 Å². The van der Waals surface area contributed by atoms with Gasteiger partial charge in [0.25, 0.3) is 0 Å². The molecule has 176 valence electrons. The number of piperidine rings is 1. The van der Waals surface area contributed by atoms with Crippen molar-refractivity contribution in [3.63, 3.8) is 0 Å². The summed E-state index contributed by atoms with van der Waals surface area (Å²) in [5.41, 5.74) is 0. The quantitative estimate of drug-likeness (QED) is 0.214. The van der Waals surface area contributed by atoms with Crippen LogP contribution in [0.1, 0.15) is 39.5 Å². The molecule has 0 amide bonds. The number of piperazine rings is 1. The Hall–Kier alpha value is -1.20. The topological polar surface area (TPSA) is 71.9 Å². The lowest BCUT2D eigenvalue weighted by Crippen LogP contribution is -2.49. The number of rotatable bonds is 9. The van der Waals surface area contributed by atoms with E-state index in [1.807, 2.05) is 18.5 Å². The number of anilines is 1. The molecule has 2 aliphatic heterocycles. The van der Waals surface area contributed by atoms with Gasteiger partial charge in [-0.25, -0.2) is 9.97 Å². The van der Waals surface area contributed by atoms with E-state index in [-0.39, 0.29) is 24.0 Å². The minimum Gasteiger partial charge on any atom is -0.357 e. The molecule has 2 saturated heterocycles. The maximum atomic E-state index is 4.83. The summed E-state index contributed by atoms with van der Waals surface area (Å²) in [6.07, 6.45) is 8.39. The summed E-state index contributed by atoms with van der Waals surface area (Å²) >= 11 is 0. The van der Waals surface area contributed by atoms with Gasteiger partial charge in [0.1, 0.15) is 0 Å². The zero-order valence-electron chi connectivity index (χ0n) is 19.3. The standard InChI is InChI=1S/C22H40N8.HI/c1-3-12-28-14-7-20(8-15-28)27-21(23-4-2)24-11-6-13-29-16-18-30(19-17-29)22-25-9-5-10-26-22;/h5,9-10,20H,3-4,6-8,11-19H2,1-2H3,(H2,23,24,27);1H. The fourth-order valence-corrected chi connectivity index (χ4v) is 4.24. The van der Waals surface area contributed by atoms with E-state index in [0.717, 1.165) is 64.1 Å². The smallest absolute Gasteiger partial charge is 0.225 e. The maximum Gasteiger partial charge on any atom is 0.225 e. The molecule has 0 atom stereocenters. The lowest BCUT2D eigenvalue weighted by molar-refractivity contribution is 0.206. The van der Waals surface area contributed by atoms with Gasteiger partial charge in [-0.05, 0) is 45.2 Å². The van der Waals surface area contributed by atoms with E-state index in [1.165, 1.54) is 38.9 Å². The Labute approximate surface area is 205 Å². The molecular weight excluding hydrogens is 503 g/mol. The molecule has 2 aliphatic rings. The molecule has 0 aliphatic carbocycles. The predicted molar refractivity (Wildman–Crippen MR) is 140 cm³/mol. The number of nitrogens with zero attached hydrogens (tertiary/aromatic N) is 6. The number of hydrogen-bond acceptors (Lipinski definition) is 6. The van der Waals surface area contributed by atoms with Crippen molar-refractivity contribution >= 4 is 35.9 Å². The fourth-order valence-electron chi connectivity index (χ4n) is 4.24. The molecule has 0 unspecified atom stereocenters. The third-order valence-electron chi connectivity index (χ3n) is 5.92. The summed E-state index contributed by atoms with van der Waals surface area (Å²) in [6.45, 7) is 15.0. The van der Waals surface area contributed by atoms with Gasteiger partial charge in [0, 0.05) is 77.3 Å². The SMILES string of the molecule is CCCN1CCC(NC(=NCCCN2CCN(c3ncccn3)CC2)NCC)CC1.I. The van der Waals surface area contributed by atoms with Crippen LogP contribution in [0.15, 0.2) is 23.5 Å². The van der Waals surface area contributed by atoms with Crippen LogP contribution in [0.3, 0.4) is 0 Å². The molecular formula is C22H41IN8. The van der Waals surface area contributed by atoms with E-state index < -0.39 is 0 Å². The van der Waals surface area contributed by atoms with Crippen LogP contribution in [-0.2, 0) is 0 Å². The fraction of sp³-hybridized carbons (Fsp3) is 0.773. The van der Waals surface area contributed by atoms with E-state index in [9.17, 15) is 0 Å². The molecule has 1 aromatic rings. The number of aliphatic imine (C=N–C) groups is 1. The minimum atomic E-state index is 0. The average molecular weight is 545 g/mol. The first-order valence-electron chi connectivity index (χ1n) is 11.8. The van der Waals surface area contributed by atoms with Gasteiger partial charge in [-0.15, -0.1) is 24.0 Å². The van der Waals surface area contributed by atoms with Gasteiger partial charge in [0.2, 0.25) is 5.95 Å². The number of nitrogens with one attached hydrogen (secondary N) is 2. The number of hydrogen-bond donors (Lipinski definition) is 2. The first kappa shape index (κ1) is 26.1. The molecule has 31 heavy (non-hydrogen) atoms. The molecule has 3 heterocycles. The van der Waals surface area contributed by atoms with Crippen molar-refractivity contribution in [2.24, 2.45) is 4.99 Å². The zero-order valence-corrected chi connectivity index (χ0v) is 21.6. The lowest BCUT2D eigenvalue weighted by atomic mass is 10.1. The predicted octanol–water partition coefficient (Wildman–Crippen LogP) is 2.04. The first-order valence-corrected chi connectivity index (χ1v) is 11.8. The molecule has 3 rings (SSSR count). The van der Waals surface area contributed by atoms with Crippen LogP contribution in [0.25, 0.3) is 0 Å². The summed E-state index contributed by atoms with van der Waals surface area (Å²) < 4.78 is 0. The second kappa shape index (κ2) is 14.8. The number of guanidine groups is 1. The second-order valence-corrected chi connectivity index (χ2v) is 8.25. The summed E-state index contributed by atoms with van der Waals surface area (Å²) in [7, 11) is 0. The van der Waals surface area contributed by atoms with E-state index >= 15 is 0 Å². The molecule has 0 aromatic carbocycles. The van der Waals surface area contributed by atoms with Crippen molar-refractivity contribution in [3.05, 3.63) is 18.5 Å². The van der Waals surface area contributed by atoms with Crippen molar-refractivity contribution < 1.29 is 0 Å². The van der Waals surface area contributed by atoms with Gasteiger partial charge in [-0.1, -0.05) is 6.92 Å².